The molecular formula is C21H20ClN5O. The van der Waals surface area contributed by atoms with E-state index in [1.807, 2.05) is 30.3 Å². The molecule has 1 N–H and O–H groups in total. The third kappa shape index (κ3) is 2.90. The minimum atomic E-state index is 0.765. The Bertz CT molecular complexity index is 1130. The van der Waals surface area contributed by atoms with E-state index in [0.717, 1.165) is 64.7 Å². The molecule has 1 fully saturated rings. The van der Waals surface area contributed by atoms with Crippen LogP contribution in [-0.4, -0.2) is 48.2 Å². The van der Waals surface area contributed by atoms with Gasteiger partial charge >= 0.3 is 0 Å². The second kappa shape index (κ2) is 6.87. The maximum Gasteiger partial charge on any atom is 0.156 e. The van der Waals surface area contributed by atoms with E-state index in [9.17, 15) is 0 Å². The number of nitrogens with one attached hydrogen (secondary N) is 1. The monoisotopic (exact) mass is 393 g/mol. The second-order valence-corrected chi connectivity index (χ2v) is 7.34. The van der Waals surface area contributed by atoms with Crippen molar-refractivity contribution in [3.8, 4) is 5.75 Å². The molecule has 4 aromatic rings. The number of nitrogens with zero attached hydrogens (tertiary/aromatic N) is 4. The van der Waals surface area contributed by atoms with E-state index in [2.05, 4.69) is 36.9 Å². The van der Waals surface area contributed by atoms with Crippen LogP contribution < -0.4 is 14.5 Å². The van der Waals surface area contributed by atoms with E-state index in [1.54, 1.807) is 13.4 Å². The number of hydrogen-bond acceptors (Lipinski definition) is 5. The molecule has 2 aromatic carbocycles. The average Bonchev–Trinajstić information content (AvgIpc) is 3.12. The van der Waals surface area contributed by atoms with E-state index in [1.165, 1.54) is 5.69 Å². The summed E-state index contributed by atoms with van der Waals surface area (Å²) in [6, 6.07) is 14.0. The molecule has 28 heavy (non-hydrogen) atoms. The van der Waals surface area contributed by atoms with Crippen LogP contribution in [0.1, 0.15) is 0 Å². The molecule has 0 saturated carbocycles. The number of aromatic nitrogens is 3. The largest absolute Gasteiger partial charge is 0.497 e. The number of methoxy groups -OCH3 is 1. The summed E-state index contributed by atoms with van der Waals surface area (Å²) in [6.07, 6.45) is 1.65. The van der Waals surface area contributed by atoms with Crippen molar-refractivity contribution in [1.82, 2.24) is 15.0 Å². The molecule has 0 aliphatic carbocycles. The molecule has 5 rings (SSSR count). The molecule has 0 spiro atoms. The molecule has 7 heteroatoms. The lowest BCUT2D eigenvalue weighted by atomic mass is 10.2. The van der Waals surface area contributed by atoms with Gasteiger partial charge in [0.1, 0.15) is 23.1 Å². The van der Waals surface area contributed by atoms with Crippen molar-refractivity contribution in [2.24, 2.45) is 0 Å². The average molecular weight is 394 g/mol. The second-order valence-electron chi connectivity index (χ2n) is 6.91. The van der Waals surface area contributed by atoms with Crippen LogP contribution in [0.25, 0.3) is 21.9 Å². The zero-order chi connectivity index (χ0) is 19.1. The number of H-pyrrole nitrogens is 1. The van der Waals surface area contributed by atoms with Crippen LogP contribution in [0.3, 0.4) is 0 Å². The van der Waals surface area contributed by atoms with E-state index in [0.29, 0.717) is 0 Å². The van der Waals surface area contributed by atoms with Crippen molar-refractivity contribution in [1.29, 1.82) is 0 Å². The van der Waals surface area contributed by atoms with Crippen molar-refractivity contribution in [3.63, 3.8) is 0 Å². The lowest BCUT2D eigenvalue weighted by molar-refractivity contribution is 0.415. The molecule has 6 nitrogen and oxygen atoms in total. The lowest BCUT2D eigenvalue weighted by Crippen LogP contribution is -2.46. The Kier molecular flexibility index (Phi) is 4.20. The van der Waals surface area contributed by atoms with Gasteiger partial charge in [-0.15, -0.1) is 0 Å². The van der Waals surface area contributed by atoms with Crippen LogP contribution in [0, 0.1) is 0 Å². The van der Waals surface area contributed by atoms with Gasteiger partial charge in [-0.25, -0.2) is 9.97 Å². The first-order chi connectivity index (χ1) is 13.7. The molecule has 1 aliphatic rings. The Labute approximate surface area is 167 Å². The van der Waals surface area contributed by atoms with Crippen LogP contribution in [0.2, 0.25) is 5.02 Å². The summed E-state index contributed by atoms with van der Waals surface area (Å²) in [5, 5.41) is 1.82. The van der Waals surface area contributed by atoms with Crippen LogP contribution in [0.15, 0.2) is 48.8 Å². The number of aromatic amines is 1. The summed E-state index contributed by atoms with van der Waals surface area (Å²) in [7, 11) is 1.68. The normalized spacial score (nSPS) is 14.8. The maximum atomic E-state index is 6.01. The molecule has 0 unspecified atom stereocenters. The summed E-state index contributed by atoms with van der Waals surface area (Å²) in [6.45, 7) is 3.66. The molecule has 1 aliphatic heterocycles. The molecule has 3 heterocycles. The van der Waals surface area contributed by atoms with Gasteiger partial charge in [0.15, 0.2) is 5.82 Å². The summed E-state index contributed by atoms with van der Waals surface area (Å²) >= 11 is 6.01. The first-order valence-electron chi connectivity index (χ1n) is 9.29. The first-order valence-corrected chi connectivity index (χ1v) is 9.66. The van der Waals surface area contributed by atoms with Gasteiger partial charge in [0.25, 0.3) is 0 Å². The Hall–Kier alpha value is -2.99. The minimum Gasteiger partial charge on any atom is -0.497 e. The SMILES string of the molecule is COc1ccc2[nH]c3c(N4CCN(c5ccc(Cl)cc5)CC4)ncnc3c2c1. The highest BCUT2D eigenvalue weighted by atomic mass is 35.5. The summed E-state index contributed by atoms with van der Waals surface area (Å²) in [4.78, 5) is 17.3. The van der Waals surface area contributed by atoms with Crippen molar-refractivity contribution in [3.05, 3.63) is 53.8 Å². The van der Waals surface area contributed by atoms with Gasteiger partial charge in [-0.05, 0) is 42.5 Å². The Morgan fingerprint density at radius 3 is 2.46 bits per heavy atom. The fourth-order valence-corrected chi connectivity index (χ4v) is 3.98. The summed E-state index contributed by atoms with van der Waals surface area (Å²) < 4.78 is 5.37. The zero-order valence-corrected chi connectivity index (χ0v) is 16.3. The number of fused-ring (bicyclic) bond motifs is 3. The smallest absolute Gasteiger partial charge is 0.156 e. The Morgan fingerprint density at radius 2 is 1.71 bits per heavy atom. The van der Waals surface area contributed by atoms with Crippen LogP contribution in [-0.2, 0) is 0 Å². The highest BCUT2D eigenvalue weighted by Crippen LogP contribution is 2.32. The van der Waals surface area contributed by atoms with Crippen molar-refractivity contribution >= 4 is 45.0 Å². The molecule has 0 radical (unpaired) electrons. The van der Waals surface area contributed by atoms with Gasteiger partial charge in [-0.2, -0.15) is 0 Å². The van der Waals surface area contributed by atoms with Gasteiger partial charge in [0.2, 0.25) is 0 Å². The third-order valence-corrected chi connectivity index (χ3v) is 5.59. The van der Waals surface area contributed by atoms with Crippen LogP contribution in [0.4, 0.5) is 11.5 Å². The standard InChI is InChI=1S/C21H20ClN5O/c1-28-16-6-7-18-17(12-16)19-20(25-18)21(24-13-23-19)27-10-8-26(9-11-27)15-4-2-14(22)3-5-15/h2-7,12-13,25H,8-11H2,1H3. The number of ether oxygens (including phenoxy) is 1. The van der Waals surface area contributed by atoms with Gasteiger partial charge in [0.05, 0.1) is 7.11 Å². The first kappa shape index (κ1) is 17.1. The molecule has 0 bridgehead atoms. The quantitative estimate of drug-likeness (QED) is 0.568. The minimum absolute atomic E-state index is 0.765. The summed E-state index contributed by atoms with van der Waals surface area (Å²) in [5.74, 6) is 1.78. The molecule has 0 atom stereocenters. The maximum absolute atomic E-state index is 6.01. The van der Waals surface area contributed by atoms with Crippen molar-refractivity contribution < 1.29 is 4.74 Å². The fourth-order valence-electron chi connectivity index (χ4n) is 3.85. The molecular weight excluding hydrogens is 374 g/mol. The number of piperazine rings is 1. The van der Waals surface area contributed by atoms with E-state index in [-0.39, 0.29) is 0 Å². The highest BCUT2D eigenvalue weighted by molar-refractivity contribution is 6.30. The van der Waals surface area contributed by atoms with Crippen molar-refractivity contribution in [2.75, 3.05) is 43.1 Å². The van der Waals surface area contributed by atoms with Gasteiger partial charge in [-0.1, -0.05) is 11.6 Å². The number of rotatable bonds is 3. The number of benzene rings is 2. The highest BCUT2D eigenvalue weighted by Gasteiger charge is 2.21. The van der Waals surface area contributed by atoms with Crippen molar-refractivity contribution in [2.45, 2.75) is 0 Å². The fraction of sp³-hybridized carbons (Fsp3) is 0.238. The van der Waals surface area contributed by atoms with Gasteiger partial charge in [-0.3, -0.25) is 0 Å². The number of hydrogen-bond donors (Lipinski definition) is 1. The van der Waals surface area contributed by atoms with Gasteiger partial charge in [0, 0.05) is 47.8 Å². The topological polar surface area (TPSA) is 57.3 Å². The van der Waals surface area contributed by atoms with E-state index < -0.39 is 0 Å². The van der Waals surface area contributed by atoms with Gasteiger partial charge < -0.3 is 19.5 Å². The predicted octanol–water partition coefficient (Wildman–Crippen LogP) is 4.10. The number of anilines is 2. The Morgan fingerprint density at radius 1 is 0.964 bits per heavy atom. The molecule has 0 amide bonds. The van der Waals surface area contributed by atoms with Crippen LogP contribution >= 0.6 is 11.6 Å². The lowest BCUT2D eigenvalue weighted by Gasteiger charge is -2.36. The third-order valence-electron chi connectivity index (χ3n) is 5.34. The summed E-state index contributed by atoms with van der Waals surface area (Å²) in [5.41, 5.74) is 4.15. The molecule has 142 valence electrons. The predicted molar refractivity (Wildman–Crippen MR) is 114 cm³/mol. The number of halogens is 1. The van der Waals surface area contributed by atoms with Crippen LogP contribution in [0.5, 0.6) is 5.75 Å². The molecule has 2 aromatic heterocycles. The van der Waals surface area contributed by atoms with E-state index >= 15 is 0 Å². The molecule has 1 saturated heterocycles. The van der Waals surface area contributed by atoms with E-state index in [4.69, 9.17) is 16.3 Å². The Balaban J connectivity index is 1.44. The zero-order valence-electron chi connectivity index (χ0n) is 15.5.